The van der Waals surface area contributed by atoms with E-state index in [0.717, 1.165) is 25.8 Å². The van der Waals surface area contributed by atoms with Gasteiger partial charge in [0, 0.05) is 24.7 Å². The third-order valence-corrected chi connectivity index (χ3v) is 3.81. The molecule has 1 aromatic carbocycles. The molecule has 1 aliphatic rings. The van der Waals surface area contributed by atoms with Gasteiger partial charge in [-0.15, -0.1) is 0 Å². The molecule has 1 aliphatic heterocycles. The summed E-state index contributed by atoms with van der Waals surface area (Å²) in [5.41, 5.74) is 0.654. The Morgan fingerprint density at radius 1 is 1.24 bits per heavy atom. The molecule has 2 amide bonds. The molecule has 0 aromatic heterocycles. The summed E-state index contributed by atoms with van der Waals surface area (Å²) in [6, 6.07) is 9.26. The topological polar surface area (TPSA) is 61.4 Å². The second kappa shape index (κ2) is 7.78. The summed E-state index contributed by atoms with van der Waals surface area (Å²) in [5, 5.41) is 5.84. The van der Waals surface area contributed by atoms with Crippen LogP contribution in [0.25, 0.3) is 0 Å². The van der Waals surface area contributed by atoms with E-state index in [2.05, 4.69) is 10.6 Å². The molecule has 1 heterocycles. The lowest BCUT2D eigenvalue weighted by atomic mass is 10.0. The van der Waals surface area contributed by atoms with Crippen molar-refractivity contribution < 1.29 is 9.59 Å². The van der Waals surface area contributed by atoms with Crippen molar-refractivity contribution in [2.45, 2.75) is 25.3 Å². The first-order valence-corrected chi connectivity index (χ1v) is 7.49. The van der Waals surface area contributed by atoms with Gasteiger partial charge in [0.25, 0.3) is 5.91 Å². The van der Waals surface area contributed by atoms with Crippen LogP contribution in [0, 0.1) is 0 Å². The fraction of sp³-hybridized carbons (Fsp3) is 0.500. The molecule has 5 nitrogen and oxygen atoms in total. The van der Waals surface area contributed by atoms with Gasteiger partial charge in [0.2, 0.25) is 5.91 Å². The highest BCUT2D eigenvalue weighted by atomic mass is 16.2. The van der Waals surface area contributed by atoms with Crippen molar-refractivity contribution >= 4 is 11.8 Å². The van der Waals surface area contributed by atoms with E-state index in [0.29, 0.717) is 18.7 Å². The fourth-order valence-electron chi connectivity index (χ4n) is 2.70. The van der Waals surface area contributed by atoms with Gasteiger partial charge in [-0.1, -0.05) is 18.2 Å². The van der Waals surface area contributed by atoms with Crippen LogP contribution in [-0.4, -0.2) is 49.4 Å². The number of benzene rings is 1. The minimum atomic E-state index is -0.0813. The summed E-state index contributed by atoms with van der Waals surface area (Å²) in [6.07, 6.45) is 3.10. The number of likely N-dealkylation sites (N-methyl/N-ethyl adjacent to an activating group) is 1. The van der Waals surface area contributed by atoms with Gasteiger partial charge in [0.15, 0.2) is 0 Å². The van der Waals surface area contributed by atoms with Crippen molar-refractivity contribution in [3.63, 3.8) is 0 Å². The molecular weight excluding hydrogens is 266 g/mol. The summed E-state index contributed by atoms with van der Waals surface area (Å²) in [7, 11) is 1.77. The molecule has 1 atom stereocenters. The zero-order valence-electron chi connectivity index (χ0n) is 12.5. The SMILES string of the molecule is CNCC(=O)N1CCCCC1CNC(=O)c1ccccc1. The van der Waals surface area contributed by atoms with Crippen LogP contribution in [0.3, 0.4) is 0 Å². The van der Waals surface area contributed by atoms with E-state index < -0.39 is 0 Å². The van der Waals surface area contributed by atoms with E-state index in [1.807, 2.05) is 23.1 Å². The lowest BCUT2D eigenvalue weighted by Gasteiger charge is -2.36. The Morgan fingerprint density at radius 3 is 2.71 bits per heavy atom. The number of hydrogen-bond donors (Lipinski definition) is 2. The van der Waals surface area contributed by atoms with Crippen LogP contribution in [0.15, 0.2) is 30.3 Å². The molecule has 0 saturated carbocycles. The highest BCUT2D eigenvalue weighted by Gasteiger charge is 2.26. The van der Waals surface area contributed by atoms with E-state index in [4.69, 9.17) is 0 Å². The Kier molecular flexibility index (Phi) is 5.75. The molecule has 0 radical (unpaired) electrons. The zero-order valence-corrected chi connectivity index (χ0v) is 12.5. The first-order valence-electron chi connectivity index (χ1n) is 7.49. The largest absolute Gasteiger partial charge is 0.350 e. The number of carbonyl (C=O) groups excluding carboxylic acids is 2. The number of likely N-dealkylation sites (tertiary alicyclic amines) is 1. The van der Waals surface area contributed by atoms with Crippen molar-refractivity contribution in [2.75, 3.05) is 26.7 Å². The molecular formula is C16H23N3O2. The Morgan fingerprint density at radius 2 is 2.00 bits per heavy atom. The zero-order chi connectivity index (χ0) is 15.1. The quantitative estimate of drug-likeness (QED) is 0.850. The number of nitrogens with one attached hydrogen (secondary N) is 2. The molecule has 21 heavy (non-hydrogen) atoms. The van der Waals surface area contributed by atoms with E-state index in [1.165, 1.54) is 0 Å². The lowest BCUT2D eigenvalue weighted by molar-refractivity contribution is -0.133. The van der Waals surface area contributed by atoms with Gasteiger partial charge in [-0.25, -0.2) is 0 Å². The molecule has 2 N–H and O–H groups in total. The average molecular weight is 289 g/mol. The molecule has 5 heteroatoms. The number of hydrogen-bond acceptors (Lipinski definition) is 3. The van der Waals surface area contributed by atoms with Gasteiger partial charge in [-0.05, 0) is 38.4 Å². The molecule has 0 aliphatic carbocycles. The molecule has 1 unspecified atom stereocenters. The second-order valence-electron chi connectivity index (χ2n) is 5.34. The number of amides is 2. The van der Waals surface area contributed by atoms with Crippen LogP contribution in [0.5, 0.6) is 0 Å². The van der Waals surface area contributed by atoms with Gasteiger partial charge >= 0.3 is 0 Å². The standard InChI is InChI=1S/C16H23N3O2/c1-17-12-15(20)19-10-6-5-9-14(19)11-18-16(21)13-7-3-2-4-8-13/h2-4,7-8,14,17H,5-6,9-12H2,1H3,(H,18,21). The molecule has 1 saturated heterocycles. The van der Waals surface area contributed by atoms with Gasteiger partial charge in [0.1, 0.15) is 0 Å². The predicted octanol–water partition coefficient (Wildman–Crippen LogP) is 1.02. The average Bonchev–Trinajstić information content (AvgIpc) is 2.54. The van der Waals surface area contributed by atoms with E-state index in [9.17, 15) is 9.59 Å². The van der Waals surface area contributed by atoms with Gasteiger partial charge in [-0.3, -0.25) is 9.59 Å². The van der Waals surface area contributed by atoms with Crippen LogP contribution < -0.4 is 10.6 Å². The first-order chi connectivity index (χ1) is 10.2. The minimum Gasteiger partial charge on any atom is -0.350 e. The van der Waals surface area contributed by atoms with E-state index >= 15 is 0 Å². The van der Waals surface area contributed by atoms with Crippen LogP contribution >= 0.6 is 0 Å². The lowest BCUT2D eigenvalue weighted by Crippen LogP contribution is -2.51. The highest BCUT2D eigenvalue weighted by Crippen LogP contribution is 2.16. The third-order valence-electron chi connectivity index (χ3n) is 3.81. The minimum absolute atomic E-state index is 0.0813. The van der Waals surface area contributed by atoms with Crippen molar-refractivity contribution in [1.82, 2.24) is 15.5 Å². The summed E-state index contributed by atoms with van der Waals surface area (Å²) in [6.45, 7) is 1.65. The summed E-state index contributed by atoms with van der Waals surface area (Å²) in [5.74, 6) is 0.0262. The number of rotatable bonds is 5. The Hall–Kier alpha value is -1.88. The Balaban J connectivity index is 1.90. The van der Waals surface area contributed by atoms with Crippen molar-refractivity contribution in [2.24, 2.45) is 0 Å². The van der Waals surface area contributed by atoms with Crippen molar-refractivity contribution in [1.29, 1.82) is 0 Å². The molecule has 114 valence electrons. The fourth-order valence-corrected chi connectivity index (χ4v) is 2.70. The van der Waals surface area contributed by atoms with Crippen LogP contribution in [0.2, 0.25) is 0 Å². The number of nitrogens with zero attached hydrogens (tertiary/aromatic N) is 1. The Bertz CT molecular complexity index is 476. The number of carbonyl (C=O) groups is 2. The van der Waals surface area contributed by atoms with Gasteiger partial charge in [-0.2, -0.15) is 0 Å². The maximum atomic E-state index is 12.1. The normalized spacial score (nSPS) is 18.3. The van der Waals surface area contributed by atoms with Gasteiger partial charge < -0.3 is 15.5 Å². The van der Waals surface area contributed by atoms with Crippen LogP contribution in [-0.2, 0) is 4.79 Å². The first kappa shape index (κ1) is 15.5. The summed E-state index contributed by atoms with van der Waals surface area (Å²) in [4.78, 5) is 26.0. The van der Waals surface area contributed by atoms with Crippen molar-refractivity contribution in [3.05, 3.63) is 35.9 Å². The number of piperidine rings is 1. The summed E-state index contributed by atoms with van der Waals surface area (Å²) >= 11 is 0. The maximum Gasteiger partial charge on any atom is 0.251 e. The molecule has 0 spiro atoms. The summed E-state index contributed by atoms with van der Waals surface area (Å²) < 4.78 is 0. The molecule has 0 bridgehead atoms. The maximum absolute atomic E-state index is 12.1. The van der Waals surface area contributed by atoms with E-state index in [1.54, 1.807) is 19.2 Å². The second-order valence-corrected chi connectivity index (χ2v) is 5.34. The monoisotopic (exact) mass is 289 g/mol. The van der Waals surface area contributed by atoms with Crippen LogP contribution in [0.1, 0.15) is 29.6 Å². The Labute approximate surface area is 125 Å². The molecule has 2 rings (SSSR count). The smallest absolute Gasteiger partial charge is 0.251 e. The predicted molar refractivity (Wildman–Crippen MR) is 82.1 cm³/mol. The molecule has 1 aromatic rings. The molecule has 1 fully saturated rings. The highest BCUT2D eigenvalue weighted by molar-refractivity contribution is 5.94. The van der Waals surface area contributed by atoms with Crippen LogP contribution in [0.4, 0.5) is 0 Å². The van der Waals surface area contributed by atoms with Gasteiger partial charge in [0.05, 0.1) is 6.54 Å². The third kappa shape index (κ3) is 4.29. The van der Waals surface area contributed by atoms with Crippen molar-refractivity contribution in [3.8, 4) is 0 Å². The van der Waals surface area contributed by atoms with E-state index in [-0.39, 0.29) is 17.9 Å².